The van der Waals surface area contributed by atoms with Crippen LogP contribution in [0.5, 0.6) is 0 Å². The van der Waals surface area contributed by atoms with Crippen LogP contribution in [0.2, 0.25) is 0 Å². The lowest BCUT2D eigenvalue weighted by Crippen LogP contribution is -2.39. The third kappa shape index (κ3) is 1.98. The molecule has 7 heteroatoms. The van der Waals surface area contributed by atoms with E-state index in [1.165, 1.54) is 11.7 Å². The Morgan fingerprint density at radius 1 is 1.44 bits per heavy atom. The number of anilines is 1. The topological polar surface area (TPSA) is 59.9 Å². The van der Waals surface area contributed by atoms with E-state index in [4.69, 9.17) is 9.47 Å². The number of ether oxygens (including phenoxy) is 2. The first-order valence-corrected chi connectivity index (χ1v) is 6.09. The second-order valence-corrected chi connectivity index (χ2v) is 4.70. The van der Waals surface area contributed by atoms with Crippen molar-refractivity contribution in [2.45, 2.75) is 12.6 Å². The van der Waals surface area contributed by atoms with Gasteiger partial charge in [0, 0.05) is 13.1 Å². The number of hydrogen-bond donors (Lipinski definition) is 0. The predicted molar refractivity (Wildman–Crippen MR) is 59.1 cm³/mol. The van der Waals surface area contributed by atoms with Crippen LogP contribution in [0.15, 0.2) is 4.79 Å². The molecule has 3 heterocycles. The summed E-state index contributed by atoms with van der Waals surface area (Å²) in [6.45, 7) is 4.24. The van der Waals surface area contributed by atoms with Gasteiger partial charge in [0.2, 0.25) is 5.82 Å². The number of epoxide rings is 1. The molecule has 2 aliphatic heterocycles. The van der Waals surface area contributed by atoms with Crippen molar-refractivity contribution in [2.75, 3.05) is 37.8 Å². The number of aromatic nitrogens is 2. The fourth-order valence-corrected chi connectivity index (χ4v) is 2.48. The Kier molecular flexibility index (Phi) is 2.66. The molecule has 3 rings (SSSR count). The van der Waals surface area contributed by atoms with E-state index in [1.807, 2.05) is 4.90 Å². The maximum Gasteiger partial charge on any atom is 0.304 e. The summed E-state index contributed by atoms with van der Waals surface area (Å²) in [5.74, 6) is 0.564. The number of rotatable bonds is 3. The third-order valence-electron chi connectivity index (χ3n) is 2.73. The van der Waals surface area contributed by atoms with Crippen LogP contribution < -0.4 is 10.5 Å². The summed E-state index contributed by atoms with van der Waals surface area (Å²) in [6, 6.07) is 0. The van der Waals surface area contributed by atoms with Gasteiger partial charge in [-0.3, -0.25) is 4.79 Å². The average Bonchev–Trinajstić information content (AvgIpc) is 3.06. The summed E-state index contributed by atoms with van der Waals surface area (Å²) >= 11 is 1.23. The molecule has 0 amide bonds. The van der Waals surface area contributed by atoms with Crippen LogP contribution in [0.3, 0.4) is 0 Å². The normalized spacial score (nSPS) is 24.8. The SMILES string of the molecule is O=c1c(N2CCOCC2)nsn1CC1CO1. The molecule has 0 saturated carbocycles. The minimum absolute atomic E-state index is 0.00222. The fraction of sp³-hybridized carbons (Fsp3) is 0.778. The maximum atomic E-state index is 12.0. The van der Waals surface area contributed by atoms with E-state index in [0.29, 0.717) is 25.6 Å². The summed E-state index contributed by atoms with van der Waals surface area (Å²) in [6.07, 6.45) is 0.218. The summed E-state index contributed by atoms with van der Waals surface area (Å²) in [4.78, 5) is 14.0. The van der Waals surface area contributed by atoms with E-state index >= 15 is 0 Å². The monoisotopic (exact) mass is 243 g/mol. The molecule has 0 N–H and O–H groups in total. The van der Waals surface area contributed by atoms with E-state index in [9.17, 15) is 4.79 Å². The van der Waals surface area contributed by atoms with E-state index < -0.39 is 0 Å². The van der Waals surface area contributed by atoms with Crippen molar-refractivity contribution in [1.82, 2.24) is 8.33 Å². The van der Waals surface area contributed by atoms with E-state index in [1.54, 1.807) is 3.96 Å². The van der Waals surface area contributed by atoms with Crippen LogP contribution in [-0.4, -0.2) is 47.3 Å². The van der Waals surface area contributed by atoms with E-state index in [-0.39, 0.29) is 11.7 Å². The van der Waals surface area contributed by atoms with Gasteiger partial charge in [-0.2, -0.15) is 4.37 Å². The van der Waals surface area contributed by atoms with Crippen molar-refractivity contribution in [3.8, 4) is 0 Å². The van der Waals surface area contributed by atoms with Gasteiger partial charge in [-0.05, 0) is 0 Å². The molecule has 6 nitrogen and oxygen atoms in total. The molecule has 16 heavy (non-hydrogen) atoms. The first-order valence-electron chi connectivity index (χ1n) is 5.36. The van der Waals surface area contributed by atoms with Crippen LogP contribution in [0.4, 0.5) is 5.82 Å². The highest BCUT2D eigenvalue weighted by atomic mass is 32.1. The zero-order chi connectivity index (χ0) is 11.0. The molecule has 0 spiro atoms. The molecule has 1 aromatic heterocycles. The molecule has 0 aromatic carbocycles. The quantitative estimate of drug-likeness (QED) is 0.672. The Hall–Kier alpha value is -0.920. The second-order valence-electron chi connectivity index (χ2n) is 3.92. The standard InChI is InChI=1S/C9H13N3O3S/c13-9-8(11-1-3-14-4-2-11)10-16-12(9)5-7-6-15-7/h7H,1-6H2. The first kappa shape index (κ1) is 10.2. The van der Waals surface area contributed by atoms with Crippen LogP contribution >= 0.6 is 11.7 Å². The van der Waals surface area contributed by atoms with Crippen molar-refractivity contribution in [2.24, 2.45) is 0 Å². The highest BCUT2D eigenvalue weighted by molar-refractivity contribution is 7.00. The molecule has 2 aliphatic rings. The van der Waals surface area contributed by atoms with E-state index in [0.717, 1.165) is 19.7 Å². The number of hydrogen-bond acceptors (Lipinski definition) is 6. The fourth-order valence-electron chi connectivity index (χ4n) is 1.72. The van der Waals surface area contributed by atoms with Crippen molar-refractivity contribution >= 4 is 17.5 Å². The first-order chi connectivity index (χ1) is 7.84. The molecule has 88 valence electrons. The third-order valence-corrected chi connectivity index (χ3v) is 3.49. The Balaban J connectivity index is 1.78. The minimum Gasteiger partial charge on any atom is -0.378 e. The molecule has 0 radical (unpaired) electrons. The van der Waals surface area contributed by atoms with Crippen LogP contribution in [-0.2, 0) is 16.0 Å². The Morgan fingerprint density at radius 3 is 2.88 bits per heavy atom. The van der Waals surface area contributed by atoms with Crippen LogP contribution in [0.25, 0.3) is 0 Å². The van der Waals surface area contributed by atoms with Gasteiger partial charge in [0.15, 0.2) is 0 Å². The van der Waals surface area contributed by atoms with Gasteiger partial charge in [-0.1, -0.05) is 0 Å². The van der Waals surface area contributed by atoms with Crippen molar-refractivity contribution in [3.05, 3.63) is 10.4 Å². The zero-order valence-corrected chi connectivity index (χ0v) is 9.61. The molecular weight excluding hydrogens is 230 g/mol. The summed E-state index contributed by atoms with van der Waals surface area (Å²) < 4.78 is 16.3. The van der Waals surface area contributed by atoms with Gasteiger partial charge in [-0.25, -0.2) is 3.96 Å². The molecule has 1 aromatic rings. The van der Waals surface area contributed by atoms with Crippen LogP contribution in [0.1, 0.15) is 0 Å². The van der Waals surface area contributed by atoms with Gasteiger partial charge in [0.05, 0.1) is 44.2 Å². The Labute approximate surface area is 96.7 Å². The Morgan fingerprint density at radius 2 is 2.19 bits per heavy atom. The lowest BCUT2D eigenvalue weighted by Gasteiger charge is -2.25. The van der Waals surface area contributed by atoms with Gasteiger partial charge < -0.3 is 14.4 Å². The smallest absolute Gasteiger partial charge is 0.304 e. The maximum absolute atomic E-state index is 12.0. The van der Waals surface area contributed by atoms with Crippen LogP contribution in [0, 0.1) is 0 Å². The number of nitrogens with zero attached hydrogens (tertiary/aromatic N) is 3. The van der Waals surface area contributed by atoms with Crippen molar-refractivity contribution in [3.63, 3.8) is 0 Å². The van der Waals surface area contributed by atoms with Gasteiger partial charge in [0.25, 0.3) is 0 Å². The minimum atomic E-state index is 0.00222. The van der Waals surface area contributed by atoms with Crippen molar-refractivity contribution in [1.29, 1.82) is 0 Å². The molecule has 2 saturated heterocycles. The molecule has 1 unspecified atom stereocenters. The van der Waals surface area contributed by atoms with Gasteiger partial charge >= 0.3 is 5.56 Å². The highest BCUT2D eigenvalue weighted by Crippen LogP contribution is 2.14. The summed E-state index contributed by atoms with van der Waals surface area (Å²) in [5, 5.41) is 0. The molecule has 0 bridgehead atoms. The lowest BCUT2D eigenvalue weighted by atomic mass is 10.4. The predicted octanol–water partition coefficient (Wildman–Crippen LogP) is -0.460. The zero-order valence-electron chi connectivity index (χ0n) is 8.79. The molecular formula is C9H13N3O3S. The second kappa shape index (κ2) is 4.15. The molecule has 1 atom stereocenters. The number of morpholine rings is 1. The molecule has 0 aliphatic carbocycles. The largest absolute Gasteiger partial charge is 0.378 e. The lowest BCUT2D eigenvalue weighted by molar-refractivity contribution is 0.122. The summed E-state index contributed by atoms with van der Waals surface area (Å²) in [5.41, 5.74) is 0.00222. The highest BCUT2D eigenvalue weighted by Gasteiger charge is 2.26. The molecule has 2 fully saturated rings. The summed E-state index contributed by atoms with van der Waals surface area (Å²) in [7, 11) is 0. The Bertz CT molecular complexity index is 420. The van der Waals surface area contributed by atoms with Gasteiger partial charge in [-0.15, -0.1) is 0 Å². The van der Waals surface area contributed by atoms with Gasteiger partial charge in [0.1, 0.15) is 0 Å². The van der Waals surface area contributed by atoms with E-state index in [2.05, 4.69) is 4.37 Å². The average molecular weight is 243 g/mol. The van der Waals surface area contributed by atoms with Crippen molar-refractivity contribution < 1.29 is 9.47 Å².